The van der Waals surface area contributed by atoms with Crippen LogP contribution in [0.15, 0.2) is 29.0 Å². The number of piperazine rings is 1. The Morgan fingerprint density at radius 1 is 1.48 bits per heavy atom. The molecule has 1 amide bonds. The maximum Gasteiger partial charge on any atom is 0.324 e. The van der Waals surface area contributed by atoms with Gasteiger partial charge in [-0.05, 0) is 17.0 Å². The van der Waals surface area contributed by atoms with Crippen molar-refractivity contribution in [1.82, 2.24) is 10.2 Å². The first-order valence-corrected chi connectivity index (χ1v) is 8.18. The fraction of sp³-hybridized carbons (Fsp3) is 0.308. The maximum atomic E-state index is 12.2. The van der Waals surface area contributed by atoms with Crippen molar-refractivity contribution in [3.63, 3.8) is 0 Å². The number of nitrogens with zero attached hydrogens (tertiary/aromatic N) is 2. The quantitative estimate of drug-likeness (QED) is 0.692. The first-order chi connectivity index (χ1) is 10.1. The molecule has 1 fully saturated rings. The number of hydrogen-bond donors (Lipinski definition) is 1. The van der Waals surface area contributed by atoms with Gasteiger partial charge in [-0.3, -0.25) is 19.8 Å². The third-order valence-electron chi connectivity index (χ3n) is 3.33. The van der Waals surface area contributed by atoms with Crippen molar-refractivity contribution >= 4 is 33.6 Å². The Hall–Kier alpha value is -1.77. The summed E-state index contributed by atoms with van der Waals surface area (Å²) in [6.07, 6.45) is 0. The molecule has 1 unspecified atom stereocenters. The molecule has 3 heterocycles. The lowest BCUT2D eigenvalue weighted by Gasteiger charge is -2.34. The number of thiophene rings is 2. The van der Waals surface area contributed by atoms with E-state index < -0.39 is 0 Å². The molecule has 21 heavy (non-hydrogen) atoms. The van der Waals surface area contributed by atoms with Gasteiger partial charge in [0.15, 0.2) is 0 Å². The molecule has 8 heteroatoms. The smallest absolute Gasteiger partial charge is 0.324 e. The minimum absolute atomic E-state index is 0.00608. The Labute approximate surface area is 129 Å². The van der Waals surface area contributed by atoms with E-state index in [1.54, 1.807) is 22.8 Å². The summed E-state index contributed by atoms with van der Waals surface area (Å²) in [6, 6.07) is 5.15. The van der Waals surface area contributed by atoms with Crippen molar-refractivity contribution in [2.75, 3.05) is 13.1 Å². The second-order valence-corrected chi connectivity index (χ2v) is 6.60. The molecule has 1 aliphatic rings. The molecule has 6 nitrogen and oxygen atoms in total. The van der Waals surface area contributed by atoms with Crippen LogP contribution in [-0.4, -0.2) is 28.8 Å². The van der Waals surface area contributed by atoms with Crippen molar-refractivity contribution in [3.8, 4) is 0 Å². The summed E-state index contributed by atoms with van der Waals surface area (Å²) >= 11 is 2.67. The Morgan fingerprint density at radius 2 is 2.33 bits per heavy atom. The molecule has 1 N–H and O–H groups in total. The lowest BCUT2D eigenvalue weighted by Crippen LogP contribution is -2.49. The second-order valence-electron chi connectivity index (χ2n) is 4.73. The third kappa shape index (κ3) is 2.97. The zero-order chi connectivity index (χ0) is 14.8. The van der Waals surface area contributed by atoms with Gasteiger partial charge in [-0.15, -0.1) is 11.3 Å². The second kappa shape index (κ2) is 5.92. The maximum absolute atomic E-state index is 12.2. The number of nitrogens with one attached hydrogen (secondary N) is 1. The van der Waals surface area contributed by atoms with Gasteiger partial charge < -0.3 is 5.32 Å². The molecule has 2 aromatic heterocycles. The normalized spacial score (nSPS) is 19.4. The average molecular weight is 323 g/mol. The predicted molar refractivity (Wildman–Crippen MR) is 81.5 cm³/mol. The van der Waals surface area contributed by atoms with E-state index in [2.05, 4.69) is 10.2 Å². The van der Waals surface area contributed by atoms with Crippen LogP contribution >= 0.6 is 22.7 Å². The molecular weight excluding hydrogens is 310 g/mol. The summed E-state index contributed by atoms with van der Waals surface area (Å²) < 4.78 is 0. The van der Waals surface area contributed by atoms with Crippen molar-refractivity contribution < 1.29 is 9.72 Å². The monoisotopic (exact) mass is 323 g/mol. The van der Waals surface area contributed by atoms with Gasteiger partial charge in [0.1, 0.15) is 6.04 Å². The molecule has 110 valence electrons. The van der Waals surface area contributed by atoms with Gasteiger partial charge in [0, 0.05) is 36.0 Å². The van der Waals surface area contributed by atoms with E-state index in [0.29, 0.717) is 13.1 Å². The minimum atomic E-state index is -0.381. The topological polar surface area (TPSA) is 75.5 Å². The number of carbonyl (C=O) groups excluding carboxylic acids is 1. The molecule has 0 radical (unpaired) electrons. The fourth-order valence-electron chi connectivity index (χ4n) is 2.42. The average Bonchev–Trinajstić information content (AvgIpc) is 3.10. The standard InChI is InChI=1S/C13H13N3O3S2/c17-13-12(10-2-1-5-20-10)15(4-3-14-13)7-9-6-11(16(18)19)21-8-9/h1-2,5-6,8,12H,3-4,7H2,(H,14,17). The molecule has 2 aromatic rings. The molecule has 0 bridgehead atoms. The van der Waals surface area contributed by atoms with Gasteiger partial charge in [-0.25, -0.2) is 0 Å². The number of carbonyl (C=O) groups is 1. The summed E-state index contributed by atoms with van der Waals surface area (Å²) in [6.45, 7) is 1.88. The van der Waals surface area contributed by atoms with E-state index in [-0.39, 0.29) is 21.9 Å². The van der Waals surface area contributed by atoms with Crippen LogP contribution in [-0.2, 0) is 11.3 Å². The minimum Gasteiger partial charge on any atom is -0.353 e. The third-order valence-corrected chi connectivity index (χ3v) is 5.18. The Bertz CT molecular complexity index is 653. The summed E-state index contributed by atoms with van der Waals surface area (Å²) in [5.74, 6) is -0.00608. The van der Waals surface area contributed by atoms with Crippen LogP contribution < -0.4 is 5.32 Å². The SMILES string of the molecule is O=C1NCCN(Cc2csc([N+](=O)[O-])c2)C1c1cccs1. The van der Waals surface area contributed by atoms with Crippen LogP contribution in [0, 0.1) is 10.1 Å². The van der Waals surface area contributed by atoms with E-state index in [1.807, 2.05) is 17.5 Å². The van der Waals surface area contributed by atoms with Crippen LogP contribution in [0.1, 0.15) is 16.5 Å². The molecule has 0 saturated carbocycles. The van der Waals surface area contributed by atoms with E-state index in [1.165, 1.54) is 0 Å². The first kappa shape index (κ1) is 14.2. The zero-order valence-corrected chi connectivity index (χ0v) is 12.7. The van der Waals surface area contributed by atoms with Crippen LogP contribution in [0.2, 0.25) is 0 Å². The molecule has 1 atom stereocenters. The van der Waals surface area contributed by atoms with Crippen LogP contribution in [0.4, 0.5) is 5.00 Å². The lowest BCUT2D eigenvalue weighted by molar-refractivity contribution is -0.380. The molecular formula is C13H13N3O3S2. The molecule has 0 aliphatic carbocycles. The summed E-state index contributed by atoms with van der Waals surface area (Å²) in [5, 5.41) is 17.5. The molecule has 0 aromatic carbocycles. The molecule has 1 saturated heterocycles. The van der Waals surface area contributed by atoms with Crippen molar-refractivity contribution in [3.05, 3.63) is 49.5 Å². The molecule has 0 spiro atoms. The Balaban J connectivity index is 1.81. The van der Waals surface area contributed by atoms with E-state index in [0.717, 1.165) is 28.3 Å². The lowest BCUT2D eigenvalue weighted by atomic mass is 10.1. The van der Waals surface area contributed by atoms with Gasteiger partial charge >= 0.3 is 5.00 Å². The van der Waals surface area contributed by atoms with Gasteiger partial charge in [0.2, 0.25) is 5.91 Å². The molecule has 3 rings (SSSR count). The van der Waals surface area contributed by atoms with Crippen molar-refractivity contribution in [2.24, 2.45) is 0 Å². The zero-order valence-electron chi connectivity index (χ0n) is 11.0. The highest BCUT2D eigenvalue weighted by atomic mass is 32.1. The Kier molecular flexibility index (Phi) is 4.00. The van der Waals surface area contributed by atoms with E-state index in [4.69, 9.17) is 0 Å². The largest absolute Gasteiger partial charge is 0.353 e. The summed E-state index contributed by atoms with van der Waals surface area (Å²) in [7, 11) is 0. The highest BCUT2D eigenvalue weighted by molar-refractivity contribution is 7.13. The van der Waals surface area contributed by atoms with Crippen LogP contribution in [0.25, 0.3) is 0 Å². The van der Waals surface area contributed by atoms with Crippen LogP contribution in [0.3, 0.4) is 0 Å². The van der Waals surface area contributed by atoms with Gasteiger partial charge in [0.25, 0.3) is 0 Å². The van der Waals surface area contributed by atoms with Crippen molar-refractivity contribution in [1.29, 1.82) is 0 Å². The van der Waals surface area contributed by atoms with Crippen molar-refractivity contribution in [2.45, 2.75) is 12.6 Å². The first-order valence-electron chi connectivity index (χ1n) is 6.42. The highest BCUT2D eigenvalue weighted by Gasteiger charge is 2.32. The molecule has 1 aliphatic heterocycles. The number of rotatable bonds is 4. The van der Waals surface area contributed by atoms with E-state index in [9.17, 15) is 14.9 Å². The highest BCUT2D eigenvalue weighted by Crippen LogP contribution is 2.30. The number of amides is 1. The van der Waals surface area contributed by atoms with Gasteiger partial charge in [0.05, 0.1) is 4.92 Å². The number of hydrogen-bond acceptors (Lipinski definition) is 6. The van der Waals surface area contributed by atoms with Gasteiger partial charge in [-0.1, -0.05) is 17.4 Å². The summed E-state index contributed by atoms with van der Waals surface area (Å²) in [4.78, 5) is 25.6. The van der Waals surface area contributed by atoms with E-state index >= 15 is 0 Å². The number of nitro groups is 1. The van der Waals surface area contributed by atoms with Gasteiger partial charge in [-0.2, -0.15) is 0 Å². The predicted octanol–water partition coefficient (Wildman–Crippen LogP) is 2.39. The Morgan fingerprint density at radius 3 is 3.00 bits per heavy atom. The summed E-state index contributed by atoms with van der Waals surface area (Å²) in [5.41, 5.74) is 0.878. The van der Waals surface area contributed by atoms with Crippen LogP contribution in [0.5, 0.6) is 0 Å². The fourth-order valence-corrected chi connectivity index (χ4v) is 3.99.